The fourth-order valence-corrected chi connectivity index (χ4v) is 0.776. The summed E-state index contributed by atoms with van der Waals surface area (Å²) in [5.41, 5.74) is 0.580. The molecule has 0 aliphatic carbocycles. The lowest BCUT2D eigenvalue weighted by atomic mass is 10.5. The summed E-state index contributed by atoms with van der Waals surface area (Å²) in [6, 6.07) is 3.68. The Labute approximate surface area is 55.3 Å². The van der Waals surface area contributed by atoms with Crippen molar-refractivity contribution in [2.75, 3.05) is 0 Å². The van der Waals surface area contributed by atoms with E-state index in [9.17, 15) is 0 Å². The molecule has 0 aromatic carbocycles. The van der Waals surface area contributed by atoms with Crippen molar-refractivity contribution in [3.05, 3.63) is 22.4 Å². The van der Waals surface area contributed by atoms with E-state index < -0.39 is 0 Å². The van der Waals surface area contributed by atoms with Crippen LogP contribution >= 0.6 is 15.9 Å². The second-order valence-corrected chi connectivity index (χ2v) is 2.26. The van der Waals surface area contributed by atoms with Crippen molar-refractivity contribution in [3.63, 3.8) is 0 Å². The molecule has 0 atom stereocenters. The summed E-state index contributed by atoms with van der Waals surface area (Å²) in [6.07, 6.45) is 1.72. The molecular weight excluding hydrogens is 168 g/mol. The van der Waals surface area contributed by atoms with Gasteiger partial charge in [0.2, 0.25) is 0 Å². The number of nitrogens with one attached hydrogen (secondary N) is 1. The Hall–Kier alpha value is -0.750. The molecule has 0 spiro atoms. The number of aromatic nitrogens is 1. The van der Waals surface area contributed by atoms with E-state index in [4.69, 9.17) is 5.26 Å². The van der Waals surface area contributed by atoms with Gasteiger partial charge >= 0.3 is 0 Å². The van der Waals surface area contributed by atoms with Crippen LogP contribution < -0.4 is 0 Å². The van der Waals surface area contributed by atoms with Gasteiger partial charge in [0.15, 0.2) is 0 Å². The second kappa shape index (κ2) is 2.01. The molecule has 0 bridgehead atoms. The van der Waals surface area contributed by atoms with Gasteiger partial charge in [0.25, 0.3) is 0 Å². The minimum atomic E-state index is 0.580. The quantitative estimate of drug-likeness (QED) is 0.633. The molecule has 0 saturated heterocycles. The first-order chi connectivity index (χ1) is 3.83. The number of hydrogen-bond donors (Lipinski definition) is 1. The maximum Gasteiger partial charge on any atom is 0.118 e. The fraction of sp³-hybridized carbons (Fsp3) is 0. The van der Waals surface area contributed by atoms with Crippen molar-refractivity contribution in [1.29, 1.82) is 5.26 Å². The predicted octanol–water partition coefficient (Wildman–Crippen LogP) is 1.65. The van der Waals surface area contributed by atoms with Crippen LogP contribution in [0.2, 0.25) is 0 Å². The van der Waals surface area contributed by atoms with Crippen LogP contribution in [0.5, 0.6) is 0 Å². The van der Waals surface area contributed by atoms with Crippen molar-refractivity contribution in [2.24, 2.45) is 0 Å². The Morgan fingerprint density at radius 1 is 1.75 bits per heavy atom. The van der Waals surface area contributed by atoms with E-state index in [-0.39, 0.29) is 0 Å². The number of rotatable bonds is 0. The highest BCUT2D eigenvalue weighted by Gasteiger charge is 1.89. The molecule has 8 heavy (non-hydrogen) atoms. The Bertz CT molecular complexity index is 221. The molecule has 1 heterocycles. The molecule has 3 heteroatoms. The van der Waals surface area contributed by atoms with Crippen LogP contribution in [0, 0.1) is 11.3 Å². The molecule has 0 saturated carbocycles. The Kier molecular flexibility index (Phi) is 1.36. The van der Waals surface area contributed by atoms with Crippen molar-refractivity contribution >= 4 is 15.9 Å². The second-order valence-electron chi connectivity index (χ2n) is 1.34. The monoisotopic (exact) mass is 170 g/mol. The number of aromatic amines is 1. The number of nitriles is 1. The standard InChI is InChI=1S/C5H3BrN2/c6-4-1-5(2-7)8-3-4/h1,3,8H. The Balaban J connectivity index is 3.05. The fourth-order valence-electron chi connectivity index (χ4n) is 0.432. The largest absolute Gasteiger partial charge is 0.352 e. The first kappa shape index (κ1) is 5.39. The predicted molar refractivity (Wildman–Crippen MR) is 33.2 cm³/mol. The number of nitrogens with zero attached hydrogens (tertiary/aromatic N) is 1. The van der Waals surface area contributed by atoms with Gasteiger partial charge in [-0.1, -0.05) is 0 Å². The zero-order valence-corrected chi connectivity index (χ0v) is 5.57. The highest BCUT2D eigenvalue weighted by Crippen LogP contribution is 2.08. The minimum absolute atomic E-state index is 0.580. The average molecular weight is 171 g/mol. The summed E-state index contributed by atoms with van der Waals surface area (Å²) in [5.74, 6) is 0. The van der Waals surface area contributed by atoms with Crippen LogP contribution in [0.3, 0.4) is 0 Å². The molecule has 0 radical (unpaired) electrons. The normalized spacial score (nSPS) is 8.50. The van der Waals surface area contributed by atoms with Gasteiger partial charge in [-0.25, -0.2) is 0 Å². The van der Waals surface area contributed by atoms with Crippen LogP contribution in [0.25, 0.3) is 0 Å². The van der Waals surface area contributed by atoms with E-state index in [0.29, 0.717) is 5.69 Å². The van der Waals surface area contributed by atoms with Crippen molar-refractivity contribution in [1.82, 2.24) is 4.98 Å². The first-order valence-corrected chi connectivity index (χ1v) is 2.86. The molecule has 0 fully saturated rings. The molecule has 0 aliphatic heterocycles. The summed E-state index contributed by atoms with van der Waals surface area (Å²) in [7, 11) is 0. The van der Waals surface area contributed by atoms with E-state index in [1.54, 1.807) is 12.3 Å². The lowest BCUT2D eigenvalue weighted by Crippen LogP contribution is -1.64. The zero-order valence-electron chi connectivity index (χ0n) is 3.98. The molecule has 0 unspecified atom stereocenters. The third-order valence-electron chi connectivity index (χ3n) is 0.768. The third kappa shape index (κ3) is 0.903. The van der Waals surface area contributed by atoms with E-state index in [0.717, 1.165) is 4.47 Å². The topological polar surface area (TPSA) is 39.6 Å². The van der Waals surface area contributed by atoms with E-state index >= 15 is 0 Å². The van der Waals surface area contributed by atoms with E-state index in [1.807, 2.05) is 6.07 Å². The van der Waals surface area contributed by atoms with Gasteiger partial charge in [0, 0.05) is 10.7 Å². The number of hydrogen-bond acceptors (Lipinski definition) is 1. The van der Waals surface area contributed by atoms with Crippen LogP contribution in [0.15, 0.2) is 16.7 Å². The maximum absolute atomic E-state index is 8.25. The molecule has 0 aliphatic rings. The summed E-state index contributed by atoms with van der Waals surface area (Å²) >= 11 is 3.19. The highest BCUT2D eigenvalue weighted by atomic mass is 79.9. The van der Waals surface area contributed by atoms with Crippen molar-refractivity contribution < 1.29 is 0 Å². The smallest absolute Gasteiger partial charge is 0.118 e. The Morgan fingerprint density at radius 2 is 2.50 bits per heavy atom. The van der Waals surface area contributed by atoms with Gasteiger partial charge in [0.05, 0.1) is 0 Å². The van der Waals surface area contributed by atoms with Gasteiger partial charge in [-0.3, -0.25) is 0 Å². The Morgan fingerprint density at radius 3 is 2.75 bits per heavy atom. The SMILES string of the molecule is N#Cc1cc(Br)c[nH]1. The molecule has 40 valence electrons. The maximum atomic E-state index is 8.25. The van der Waals surface area contributed by atoms with Crippen LogP contribution in [-0.2, 0) is 0 Å². The van der Waals surface area contributed by atoms with Gasteiger partial charge in [-0.15, -0.1) is 0 Å². The van der Waals surface area contributed by atoms with E-state index in [1.165, 1.54) is 0 Å². The van der Waals surface area contributed by atoms with Gasteiger partial charge < -0.3 is 4.98 Å². The zero-order chi connectivity index (χ0) is 5.98. The van der Waals surface area contributed by atoms with Gasteiger partial charge in [-0.05, 0) is 22.0 Å². The molecule has 1 rings (SSSR count). The van der Waals surface area contributed by atoms with Crippen LogP contribution in [0.1, 0.15) is 5.69 Å². The summed E-state index contributed by atoms with van der Waals surface area (Å²) in [5, 5.41) is 8.25. The number of H-pyrrole nitrogens is 1. The van der Waals surface area contributed by atoms with Crippen LogP contribution in [-0.4, -0.2) is 4.98 Å². The third-order valence-corrected chi connectivity index (χ3v) is 1.23. The molecule has 1 N–H and O–H groups in total. The first-order valence-electron chi connectivity index (χ1n) is 2.07. The molecule has 0 amide bonds. The van der Waals surface area contributed by atoms with Crippen molar-refractivity contribution in [2.45, 2.75) is 0 Å². The summed E-state index contributed by atoms with van der Waals surface area (Å²) in [6.45, 7) is 0. The summed E-state index contributed by atoms with van der Waals surface area (Å²) in [4.78, 5) is 2.75. The molecule has 1 aromatic heterocycles. The van der Waals surface area contributed by atoms with Crippen molar-refractivity contribution in [3.8, 4) is 6.07 Å². The molecule has 1 aromatic rings. The lowest BCUT2D eigenvalue weighted by Gasteiger charge is -1.67. The average Bonchev–Trinajstić information content (AvgIpc) is 2.14. The van der Waals surface area contributed by atoms with Gasteiger partial charge in [0.1, 0.15) is 11.8 Å². The molecular formula is C5H3BrN2. The lowest BCUT2D eigenvalue weighted by molar-refractivity contribution is 1.33. The van der Waals surface area contributed by atoms with E-state index in [2.05, 4.69) is 20.9 Å². The molecule has 2 nitrogen and oxygen atoms in total. The van der Waals surface area contributed by atoms with Crippen LogP contribution in [0.4, 0.5) is 0 Å². The minimum Gasteiger partial charge on any atom is -0.352 e. The van der Waals surface area contributed by atoms with Gasteiger partial charge in [-0.2, -0.15) is 5.26 Å². The number of halogens is 1. The highest BCUT2D eigenvalue weighted by molar-refractivity contribution is 9.10. The summed E-state index contributed by atoms with van der Waals surface area (Å²) < 4.78 is 0.911.